The van der Waals surface area contributed by atoms with E-state index in [1.807, 2.05) is 26.8 Å². The molecule has 4 rings (SSSR count). The first kappa shape index (κ1) is 18.4. The minimum absolute atomic E-state index is 0.0656. The van der Waals surface area contributed by atoms with Gasteiger partial charge in [-0.25, -0.2) is 0 Å². The lowest BCUT2D eigenvalue weighted by atomic mass is 10.1. The van der Waals surface area contributed by atoms with Crippen LogP contribution in [0.5, 0.6) is 0 Å². The van der Waals surface area contributed by atoms with Gasteiger partial charge in [-0.15, -0.1) is 0 Å². The highest BCUT2D eigenvalue weighted by Crippen LogP contribution is 2.30. The van der Waals surface area contributed by atoms with Crippen molar-refractivity contribution in [3.8, 4) is 5.69 Å². The maximum atomic E-state index is 12.5. The zero-order chi connectivity index (χ0) is 20.2. The van der Waals surface area contributed by atoms with Gasteiger partial charge in [0.2, 0.25) is 5.17 Å². The van der Waals surface area contributed by atoms with Crippen LogP contribution in [0, 0.1) is 33.1 Å². The zero-order valence-corrected chi connectivity index (χ0v) is 17.3. The van der Waals surface area contributed by atoms with Crippen molar-refractivity contribution in [3.05, 3.63) is 57.9 Å². The van der Waals surface area contributed by atoms with Crippen molar-refractivity contribution in [3.63, 3.8) is 0 Å². The molecule has 2 aliphatic rings. The highest BCUT2D eigenvalue weighted by Gasteiger charge is 2.34. The van der Waals surface area contributed by atoms with Crippen molar-refractivity contribution in [2.45, 2.75) is 34.6 Å². The molecule has 0 unspecified atom stereocenters. The number of carbonyl (C=O) groups excluding carboxylic acids is 1. The molecule has 0 saturated carbocycles. The molecule has 0 saturated heterocycles. The predicted octanol–water partition coefficient (Wildman–Crippen LogP) is 4.35. The summed E-state index contributed by atoms with van der Waals surface area (Å²) in [7, 11) is 0. The first-order valence-electron chi connectivity index (χ1n) is 9.00. The molecule has 28 heavy (non-hydrogen) atoms. The van der Waals surface area contributed by atoms with Gasteiger partial charge in [0.15, 0.2) is 5.84 Å². The standard InChI is InChI=1S/C21H21N5OS/c1-11-7-6-8-18(13(11)3)25-12(2)9-16(14(25)4)10-17-19(22)26-21(23-20(17)27)28-15(5)24-26/h6-10,22H,1-5H3/b17-10+,22-19?. The van der Waals surface area contributed by atoms with Gasteiger partial charge in [0, 0.05) is 17.1 Å². The smallest absolute Gasteiger partial charge is 0.283 e. The van der Waals surface area contributed by atoms with Gasteiger partial charge in [0.25, 0.3) is 5.91 Å². The third-order valence-electron chi connectivity index (χ3n) is 5.14. The molecule has 3 heterocycles. The Morgan fingerprint density at radius 3 is 2.64 bits per heavy atom. The van der Waals surface area contributed by atoms with E-state index < -0.39 is 5.91 Å². The molecule has 2 aromatic rings. The summed E-state index contributed by atoms with van der Waals surface area (Å²) < 4.78 is 2.19. The summed E-state index contributed by atoms with van der Waals surface area (Å²) in [5, 5.41) is 15.4. The summed E-state index contributed by atoms with van der Waals surface area (Å²) in [5.41, 5.74) is 6.82. The first-order valence-corrected chi connectivity index (χ1v) is 9.82. The number of aryl methyl sites for hydroxylation is 2. The van der Waals surface area contributed by atoms with Gasteiger partial charge in [0.05, 0.1) is 10.6 Å². The van der Waals surface area contributed by atoms with E-state index in [2.05, 4.69) is 46.7 Å². The Kier molecular flexibility index (Phi) is 4.34. The highest BCUT2D eigenvalue weighted by molar-refractivity contribution is 8.26. The number of aliphatic imine (C=N–C) groups is 1. The summed E-state index contributed by atoms with van der Waals surface area (Å²) >= 11 is 1.31. The van der Waals surface area contributed by atoms with E-state index in [9.17, 15) is 4.79 Å². The largest absolute Gasteiger partial charge is 0.318 e. The molecule has 0 aliphatic carbocycles. The molecule has 1 amide bonds. The van der Waals surface area contributed by atoms with Crippen molar-refractivity contribution in [2.75, 3.05) is 0 Å². The summed E-state index contributed by atoms with van der Waals surface area (Å²) in [6, 6.07) is 8.29. The lowest BCUT2D eigenvalue weighted by Crippen LogP contribution is -2.35. The molecule has 142 valence electrons. The molecule has 1 aromatic heterocycles. The average Bonchev–Trinajstić information content (AvgIpc) is 3.13. The van der Waals surface area contributed by atoms with Crippen molar-refractivity contribution in [2.24, 2.45) is 10.1 Å². The zero-order valence-electron chi connectivity index (χ0n) is 16.5. The van der Waals surface area contributed by atoms with Crippen LogP contribution < -0.4 is 0 Å². The van der Waals surface area contributed by atoms with E-state index in [0.717, 1.165) is 27.7 Å². The molecule has 0 fully saturated rings. The first-order chi connectivity index (χ1) is 13.3. The van der Waals surface area contributed by atoms with Crippen molar-refractivity contribution in [1.82, 2.24) is 9.58 Å². The van der Waals surface area contributed by atoms with Gasteiger partial charge in [-0.3, -0.25) is 10.2 Å². The number of hydrogen-bond donors (Lipinski definition) is 1. The third-order valence-corrected chi connectivity index (χ3v) is 5.97. The number of benzene rings is 1. The maximum Gasteiger partial charge on any atom is 0.283 e. The second-order valence-electron chi connectivity index (χ2n) is 7.02. The summed E-state index contributed by atoms with van der Waals surface area (Å²) in [6.07, 6.45) is 1.75. The average molecular weight is 392 g/mol. The second kappa shape index (κ2) is 6.60. The Labute approximate surface area is 168 Å². The SMILES string of the molecule is CC1=NN2C(=N)/C(=C\c3cc(C)n(-c4cccc(C)c4C)c3C)C(=O)N=C2S1. The summed E-state index contributed by atoms with van der Waals surface area (Å²) in [5.74, 6) is -0.332. The Hall–Kier alpha value is -2.93. The lowest BCUT2D eigenvalue weighted by Gasteiger charge is -2.20. The Bertz CT molecular complexity index is 1140. The van der Waals surface area contributed by atoms with E-state index in [-0.39, 0.29) is 11.4 Å². The lowest BCUT2D eigenvalue weighted by molar-refractivity contribution is -0.114. The van der Waals surface area contributed by atoms with Crippen LogP contribution in [0.15, 0.2) is 39.9 Å². The third kappa shape index (κ3) is 2.82. The molecule has 7 heteroatoms. The number of fused-ring (bicyclic) bond motifs is 1. The van der Waals surface area contributed by atoms with E-state index in [4.69, 9.17) is 5.41 Å². The highest BCUT2D eigenvalue weighted by atomic mass is 32.2. The fraction of sp³-hybridized carbons (Fsp3) is 0.238. The predicted molar refractivity (Wildman–Crippen MR) is 115 cm³/mol. The van der Waals surface area contributed by atoms with E-state index in [1.54, 1.807) is 6.08 Å². The molecule has 0 atom stereocenters. The molecule has 1 N–H and O–H groups in total. The molecular formula is C21H21N5OS. The van der Waals surface area contributed by atoms with Crippen LogP contribution in [0.4, 0.5) is 0 Å². The molecule has 0 bridgehead atoms. The molecular weight excluding hydrogens is 370 g/mol. The number of thioether (sulfide) groups is 1. The Morgan fingerprint density at radius 2 is 1.89 bits per heavy atom. The minimum atomic E-state index is -0.398. The minimum Gasteiger partial charge on any atom is -0.318 e. The van der Waals surface area contributed by atoms with Crippen molar-refractivity contribution < 1.29 is 4.79 Å². The fourth-order valence-electron chi connectivity index (χ4n) is 3.53. The normalized spacial score (nSPS) is 17.9. The van der Waals surface area contributed by atoms with Crippen LogP contribution in [0.3, 0.4) is 0 Å². The van der Waals surface area contributed by atoms with Crippen LogP contribution in [-0.4, -0.2) is 31.5 Å². The monoisotopic (exact) mass is 391 g/mol. The van der Waals surface area contributed by atoms with Crippen LogP contribution in [0.25, 0.3) is 11.8 Å². The number of carbonyl (C=O) groups is 1. The molecule has 1 aromatic carbocycles. The van der Waals surface area contributed by atoms with Gasteiger partial charge < -0.3 is 4.57 Å². The quantitative estimate of drug-likeness (QED) is 0.774. The van der Waals surface area contributed by atoms with Crippen LogP contribution in [0.1, 0.15) is 35.0 Å². The van der Waals surface area contributed by atoms with Crippen LogP contribution in [-0.2, 0) is 4.79 Å². The van der Waals surface area contributed by atoms with Crippen molar-refractivity contribution >= 4 is 39.8 Å². The summed E-state index contributed by atoms with van der Waals surface area (Å²) in [4.78, 5) is 16.6. The van der Waals surface area contributed by atoms with Gasteiger partial charge in [-0.2, -0.15) is 15.1 Å². The maximum absolute atomic E-state index is 12.5. The number of amidine groups is 2. The molecule has 6 nitrogen and oxygen atoms in total. The van der Waals surface area contributed by atoms with E-state index in [1.165, 1.54) is 27.9 Å². The molecule has 0 spiro atoms. The number of rotatable bonds is 2. The number of nitrogens with zero attached hydrogens (tertiary/aromatic N) is 4. The van der Waals surface area contributed by atoms with Gasteiger partial charge in [-0.05, 0) is 81.3 Å². The topological polar surface area (TPSA) is 73.8 Å². The van der Waals surface area contributed by atoms with E-state index in [0.29, 0.717) is 5.17 Å². The number of hydrazone groups is 1. The number of hydrogen-bond acceptors (Lipinski definition) is 4. The number of amides is 1. The second-order valence-corrected chi connectivity index (χ2v) is 8.18. The molecule has 2 aliphatic heterocycles. The van der Waals surface area contributed by atoms with Crippen molar-refractivity contribution in [1.29, 1.82) is 5.41 Å². The number of nitrogens with one attached hydrogen (secondary N) is 1. The Morgan fingerprint density at radius 1 is 1.14 bits per heavy atom. The fourth-order valence-corrected chi connectivity index (χ4v) is 4.26. The van der Waals surface area contributed by atoms with E-state index >= 15 is 0 Å². The van der Waals surface area contributed by atoms with Gasteiger partial charge >= 0.3 is 0 Å². The van der Waals surface area contributed by atoms with Crippen LogP contribution in [0.2, 0.25) is 0 Å². The van der Waals surface area contributed by atoms with Gasteiger partial charge in [0.1, 0.15) is 0 Å². The van der Waals surface area contributed by atoms with Crippen LogP contribution >= 0.6 is 11.8 Å². The summed E-state index contributed by atoms with van der Waals surface area (Å²) in [6.45, 7) is 10.1. The molecule has 0 radical (unpaired) electrons. The van der Waals surface area contributed by atoms with Gasteiger partial charge in [-0.1, -0.05) is 12.1 Å². The number of aromatic nitrogens is 1. The Balaban J connectivity index is 1.81.